The van der Waals surface area contributed by atoms with Crippen LogP contribution < -0.4 is 0 Å². The van der Waals surface area contributed by atoms with Gasteiger partial charge in [-0.1, -0.05) is 25.7 Å². The van der Waals surface area contributed by atoms with Crippen molar-refractivity contribution in [2.45, 2.75) is 43.9 Å². The number of carbonyl (C=O) groups is 1. The fraction of sp³-hybridized carbons (Fsp3) is 0.900. The van der Waals surface area contributed by atoms with Crippen LogP contribution in [0.3, 0.4) is 0 Å². The zero-order chi connectivity index (χ0) is 8.55. The molecule has 0 aromatic heterocycles. The summed E-state index contributed by atoms with van der Waals surface area (Å²) in [6.45, 7) is 0. The second-order valence-electron chi connectivity index (χ2n) is 4.07. The lowest BCUT2D eigenvalue weighted by atomic mass is 9.66. The molecule has 3 atom stereocenters. The largest absolute Gasteiger partial charge is 0.298 e. The van der Waals surface area contributed by atoms with Crippen LogP contribution in [0.15, 0.2) is 0 Å². The van der Waals surface area contributed by atoms with Gasteiger partial charge in [0.15, 0.2) is 5.78 Å². The van der Waals surface area contributed by atoms with Gasteiger partial charge in [0.1, 0.15) is 0 Å². The van der Waals surface area contributed by atoms with E-state index in [9.17, 15) is 4.79 Å². The number of hydrogen-bond donors (Lipinski definition) is 0. The number of hydrogen-bond acceptors (Lipinski definition) is 1. The van der Waals surface area contributed by atoms with Gasteiger partial charge in [0.2, 0.25) is 0 Å². The molecule has 2 aliphatic rings. The number of halogens is 1. The second kappa shape index (κ2) is 3.37. The van der Waals surface area contributed by atoms with E-state index in [1.54, 1.807) is 0 Å². The highest BCUT2D eigenvalue weighted by Crippen LogP contribution is 2.43. The summed E-state index contributed by atoms with van der Waals surface area (Å²) in [5, 5.41) is -0.131. The summed E-state index contributed by atoms with van der Waals surface area (Å²) < 4.78 is 0. The smallest absolute Gasteiger partial charge is 0.154 e. The Balaban J connectivity index is 1.98. The van der Waals surface area contributed by atoms with Gasteiger partial charge in [-0.25, -0.2) is 0 Å². The molecule has 2 fully saturated rings. The van der Waals surface area contributed by atoms with Gasteiger partial charge in [-0.05, 0) is 18.8 Å². The van der Waals surface area contributed by atoms with E-state index < -0.39 is 0 Å². The number of rotatable bonds is 0. The van der Waals surface area contributed by atoms with Gasteiger partial charge < -0.3 is 0 Å². The van der Waals surface area contributed by atoms with Crippen molar-refractivity contribution in [2.24, 2.45) is 11.8 Å². The maximum atomic E-state index is 11.3. The first-order valence-corrected chi connectivity index (χ1v) is 5.42. The fourth-order valence-electron chi connectivity index (χ4n) is 2.51. The van der Waals surface area contributed by atoms with E-state index in [1.807, 2.05) is 0 Å². The zero-order valence-corrected chi connectivity index (χ0v) is 8.02. The van der Waals surface area contributed by atoms with E-state index in [2.05, 4.69) is 0 Å². The fourth-order valence-corrected chi connectivity index (χ4v) is 2.98. The summed E-state index contributed by atoms with van der Waals surface area (Å²) in [6, 6.07) is 0. The highest BCUT2D eigenvalue weighted by molar-refractivity contribution is 6.34. The average Bonchev–Trinajstić information content (AvgIpc) is 2.04. The molecule has 12 heavy (non-hydrogen) atoms. The van der Waals surface area contributed by atoms with Crippen LogP contribution >= 0.6 is 11.6 Å². The summed E-state index contributed by atoms with van der Waals surface area (Å²) in [4.78, 5) is 11.3. The Hall–Kier alpha value is -0.0400. The minimum atomic E-state index is -0.131. The summed E-state index contributed by atoms with van der Waals surface area (Å²) in [6.07, 6.45) is 7.44. The molecular formula is C10H15ClO. The van der Waals surface area contributed by atoms with Crippen molar-refractivity contribution in [3.05, 3.63) is 0 Å². The molecule has 0 aliphatic heterocycles. The summed E-state index contributed by atoms with van der Waals surface area (Å²) in [5.41, 5.74) is 0. The summed E-state index contributed by atoms with van der Waals surface area (Å²) >= 11 is 5.95. The minimum Gasteiger partial charge on any atom is -0.298 e. The maximum absolute atomic E-state index is 11.3. The van der Waals surface area contributed by atoms with Crippen molar-refractivity contribution >= 4 is 17.4 Å². The van der Waals surface area contributed by atoms with Gasteiger partial charge in [-0.2, -0.15) is 0 Å². The van der Waals surface area contributed by atoms with Crippen LogP contribution in [0.25, 0.3) is 0 Å². The number of alkyl halides is 1. The van der Waals surface area contributed by atoms with Crippen molar-refractivity contribution in [1.82, 2.24) is 0 Å². The van der Waals surface area contributed by atoms with Crippen molar-refractivity contribution in [1.29, 1.82) is 0 Å². The Kier molecular flexibility index (Phi) is 2.40. The second-order valence-corrected chi connectivity index (χ2v) is 4.54. The van der Waals surface area contributed by atoms with Crippen molar-refractivity contribution in [3.63, 3.8) is 0 Å². The normalized spacial score (nSPS) is 42.4. The third kappa shape index (κ3) is 1.28. The van der Waals surface area contributed by atoms with Gasteiger partial charge in [-0.3, -0.25) is 4.79 Å². The van der Waals surface area contributed by atoms with E-state index in [0.717, 1.165) is 6.42 Å². The third-order valence-electron chi connectivity index (χ3n) is 3.33. The summed E-state index contributed by atoms with van der Waals surface area (Å²) in [7, 11) is 0. The first-order chi connectivity index (χ1) is 5.80. The maximum Gasteiger partial charge on any atom is 0.154 e. The zero-order valence-electron chi connectivity index (χ0n) is 7.26. The molecule has 2 rings (SSSR count). The molecule has 68 valence electrons. The molecule has 0 bridgehead atoms. The molecule has 0 spiro atoms. The molecule has 0 N–H and O–H groups in total. The molecular weight excluding hydrogens is 172 g/mol. The molecule has 2 saturated carbocycles. The predicted molar refractivity (Wildman–Crippen MR) is 49.3 cm³/mol. The molecule has 3 unspecified atom stereocenters. The van der Waals surface area contributed by atoms with Crippen molar-refractivity contribution < 1.29 is 4.79 Å². The Morgan fingerprint density at radius 2 is 1.75 bits per heavy atom. The van der Waals surface area contributed by atoms with Crippen LogP contribution in [-0.4, -0.2) is 11.2 Å². The average molecular weight is 187 g/mol. The Morgan fingerprint density at radius 3 is 2.50 bits per heavy atom. The molecule has 0 aromatic carbocycles. The van der Waals surface area contributed by atoms with Gasteiger partial charge >= 0.3 is 0 Å². The van der Waals surface area contributed by atoms with Crippen LogP contribution in [0, 0.1) is 11.8 Å². The molecule has 0 aromatic rings. The van der Waals surface area contributed by atoms with Crippen LogP contribution in [0.1, 0.15) is 38.5 Å². The van der Waals surface area contributed by atoms with E-state index in [4.69, 9.17) is 11.6 Å². The number of carbonyl (C=O) groups excluding carboxylic acids is 1. The lowest BCUT2D eigenvalue weighted by molar-refractivity contribution is -0.134. The molecule has 0 heterocycles. The van der Waals surface area contributed by atoms with Crippen LogP contribution in [0.4, 0.5) is 0 Å². The molecule has 2 aliphatic carbocycles. The lowest BCUT2D eigenvalue weighted by Crippen LogP contribution is -2.49. The van der Waals surface area contributed by atoms with E-state index >= 15 is 0 Å². The standard InChI is InChI=1S/C10H15ClO/c11-9-7-5-3-1-2-4-6-8(7)10(9)12/h7-9H,1-6H2. The van der Waals surface area contributed by atoms with Crippen LogP contribution in [-0.2, 0) is 4.79 Å². The van der Waals surface area contributed by atoms with Crippen molar-refractivity contribution in [2.75, 3.05) is 0 Å². The Bertz CT molecular complexity index is 190. The molecule has 0 saturated heterocycles. The highest BCUT2D eigenvalue weighted by Gasteiger charge is 2.47. The SMILES string of the molecule is O=C1C(Cl)C2CCCCCCC12. The van der Waals surface area contributed by atoms with Gasteiger partial charge in [0.25, 0.3) is 0 Å². The molecule has 0 radical (unpaired) electrons. The van der Waals surface area contributed by atoms with E-state index in [1.165, 1.54) is 32.1 Å². The lowest BCUT2D eigenvalue weighted by Gasteiger charge is -2.41. The molecule has 2 heteroatoms. The predicted octanol–water partition coefficient (Wildman–Crippen LogP) is 2.76. The topological polar surface area (TPSA) is 17.1 Å². The Morgan fingerprint density at radius 1 is 1.08 bits per heavy atom. The number of ketones is 1. The monoisotopic (exact) mass is 186 g/mol. The van der Waals surface area contributed by atoms with Gasteiger partial charge in [-0.15, -0.1) is 11.6 Å². The van der Waals surface area contributed by atoms with E-state index in [-0.39, 0.29) is 5.38 Å². The van der Waals surface area contributed by atoms with Gasteiger partial charge in [0, 0.05) is 5.92 Å². The van der Waals surface area contributed by atoms with Gasteiger partial charge in [0.05, 0.1) is 5.38 Å². The van der Waals surface area contributed by atoms with Crippen LogP contribution in [0.5, 0.6) is 0 Å². The summed E-state index contributed by atoms with van der Waals surface area (Å²) in [5.74, 6) is 1.19. The molecule has 0 amide bonds. The highest BCUT2D eigenvalue weighted by atomic mass is 35.5. The first kappa shape index (κ1) is 8.55. The third-order valence-corrected chi connectivity index (χ3v) is 3.87. The molecule has 1 nitrogen and oxygen atoms in total. The Labute approximate surface area is 78.5 Å². The van der Waals surface area contributed by atoms with E-state index in [0.29, 0.717) is 17.6 Å². The quantitative estimate of drug-likeness (QED) is 0.532. The minimum absolute atomic E-state index is 0.131. The number of Topliss-reactive ketones (excluding diaryl/α,β-unsaturated/α-hetero) is 1. The van der Waals surface area contributed by atoms with Crippen molar-refractivity contribution in [3.8, 4) is 0 Å². The first-order valence-electron chi connectivity index (χ1n) is 4.98. The number of fused-ring (bicyclic) bond motifs is 1. The van der Waals surface area contributed by atoms with Crippen LogP contribution in [0.2, 0.25) is 0 Å².